The monoisotopic (exact) mass is 477 g/mol. The van der Waals surface area contributed by atoms with Crippen LogP contribution in [0.4, 0.5) is 4.79 Å². The highest BCUT2D eigenvalue weighted by atomic mass is 127. The van der Waals surface area contributed by atoms with E-state index in [0.29, 0.717) is 19.0 Å². The van der Waals surface area contributed by atoms with Crippen LogP contribution in [0.5, 0.6) is 0 Å². The lowest BCUT2D eigenvalue weighted by atomic mass is 10.1. The molecule has 1 rings (SSSR count). The number of rotatable bonds is 5. The number of hydrogen-bond donors (Lipinski definition) is 3. The molecule has 8 heteroatoms. The Hall–Kier alpha value is -1.58. The SMILES string of the molecule is CN=C(NCc1ncccc1C)NCC(C)(C)NC(=O)OC(C)(C)C.I. The molecule has 26 heavy (non-hydrogen) atoms. The van der Waals surface area contributed by atoms with Crippen LogP contribution < -0.4 is 16.0 Å². The van der Waals surface area contributed by atoms with Gasteiger partial charge < -0.3 is 20.7 Å². The van der Waals surface area contributed by atoms with Crippen LogP contribution in [0.3, 0.4) is 0 Å². The molecule has 0 unspecified atom stereocenters. The van der Waals surface area contributed by atoms with Crippen molar-refractivity contribution in [3.63, 3.8) is 0 Å². The molecule has 0 fully saturated rings. The number of amides is 1. The van der Waals surface area contributed by atoms with E-state index in [1.54, 1.807) is 13.2 Å². The van der Waals surface area contributed by atoms with Crippen molar-refractivity contribution in [3.8, 4) is 0 Å². The number of ether oxygens (including phenoxy) is 1. The number of pyridine rings is 1. The second-order valence-electron chi connectivity index (χ2n) is 7.56. The Morgan fingerprint density at radius 2 is 1.88 bits per heavy atom. The van der Waals surface area contributed by atoms with Crippen LogP contribution in [0.1, 0.15) is 45.9 Å². The van der Waals surface area contributed by atoms with E-state index in [0.717, 1.165) is 11.3 Å². The molecule has 0 saturated carbocycles. The fourth-order valence-corrected chi connectivity index (χ4v) is 2.02. The van der Waals surface area contributed by atoms with Crippen molar-refractivity contribution >= 4 is 36.0 Å². The molecule has 0 saturated heterocycles. The highest BCUT2D eigenvalue weighted by molar-refractivity contribution is 14.0. The van der Waals surface area contributed by atoms with Crippen molar-refractivity contribution in [1.82, 2.24) is 20.9 Å². The molecule has 7 nitrogen and oxygen atoms in total. The largest absolute Gasteiger partial charge is 0.444 e. The third-order valence-electron chi connectivity index (χ3n) is 3.30. The first-order valence-corrected chi connectivity index (χ1v) is 8.38. The topological polar surface area (TPSA) is 87.6 Å². The number of aromatic nitrogens is 1. The van der Waals surface area contributed by atoms with Crippen molar-refractivity contribution < 1.29 is 9.53 Å². The van der Waals surface area contributed by atoms with Crippen molar-refractivity contribution in [2.24, 2.45) is 4.99 Å². The smallest absolute Gasteiger partial charge is 0.408 e. The molecule has 0 spiro atoms. The molecule has 0 bridgehead atoms. The van der Waals surface area contributed by atoms with Gasteiger partial charge in [0.25, 0.3) is 0 Å². The molecule has 148 valence electrons. The molecule has 0 radical (unpaired) electrons. The molecule has 1 heterocycles. The molecule has 0 aromatic carbocycles. The third kappa shape index (κ3) is 9.79. The lowest BCUT2D eigenvalue weighted by Gasteiger charge is -2.29. The summed E-state index contributed by atoms with van der Waals surface area (Å²) in [5, 5.41) is 9.29. The number of halogens is 1. The number of nitrogens with one attached hydrogen (secondary N) is 3. The number of guanidine groups is 1. The zero-order valence-corrected chi connectivity index (χ0v) is 19.1. The van der Waals surface area contributed by atoms with Gasteiger partial charge in [-0.25, -0.2) is 4.79 Å². The van der Waals surface area contributed by atoms with Crippen LogP contribution in [-0.4, -0.2) is 41.8 Å². The fourth-order valence-electron chi connectivity index (χ4n) is 2.02. The Labute approximate surface area is 173 Å². The zero-order valence-electron chi connectivity index (χ0n) is 16.8. The van der Waals surface area contributed by atoms with E-state index in [1.807, 2.05) is 53.7 Å². The standard InChI is InChI=1S/C18H31N5O2.HI/c1-13-9-8-10-20-14(13)11-21-15(19-7)22-12-18(5,6)23-16(24)25-17(2,3)4;/h8-10H,11-12H2,1-7H3,(H,23,24)(H2,19,21,22);1H. The summed E-state index contributed by atoms with van der Waals surface area (Å²) in [6, 6.07) is 3.94. The Morgan fingerprint density at radius 3 is 2.42 bits per heavy atom. The highest BCUT2D eigenvalue weighted by Crippen LogP contribution is 2.09. The van der Waals surface area contributed by atoms with E-state index < -0.39 is 17.2 Å². The number of hydrogen-bond acceptors (Lipinski definition) is 4. The normalized spacial score (nSPS) is 12.0. The highest BCUT2D eigenvalue weighted by Gasteiger charge is 2.24. The van der Waals surface area contributed by atoms with Crippen LogP contribution in [0, 0.1) is 6.92 Å². The van der Waals surface area contributed by atoms with E-state index in [2.05, 4.69) is 25.9 Å². The average Bonchev–Trinajstić information content (AvgIpc) is 2.46. The maximum absolute atomic E-state index is 11.9. The summed E-state index contributed by atoms with van der Waals surface area (Å²) < 4.78 is 5.29. The Kier molecular flexibility index (Phi) is 9.90. The Morgan fingerprint density at radius 1 is 1.23 bits per heavy atom. The van der Waals surface area contributed by atoms with Gasteiger partial charge in [0.1, 0.15) is 5.60 Å². The minimum absolute atomic E-state index is 0. The first-order chi connectivity index (χ1) is 11.5. The second-order valence-corrected chi connectivity index (χ2v) is 7.56. The molecule has 1 aromatic rings. The number of alkyl carbamates (subject to hydrolysis) is 1. The van der Waals surface area contributed by atoms with Crippen LogP contribution in [-0.2, 0) is 11.3 Å². The van der Waals surface area contributed by atoms with E-state index in [-0.39, 0.29) is 24.0 Å². The van der Waals surface area contributed by atoms with E-state index in [1.165, 1.54) is 0 Å². The summed E-state index contributed by atoms with van der Waals surface area (Å²) in [6.45, 7) is 12.4. The van der Waals surface area contributed by atoms with Gasteiger partial charge in [0.15, 0.2) is 5.96 Å². The van der Waals surface area contributed by atoms with Gasteiger partial charge in [-0.05, 0) is 53.2 Å². The second kappa shape index (κ2) is 10.5. The third-order valence-corrected chi connectivity index (χ3v) is 3.30. The molecule has 0 aliphatic carbocycles. The van der Waals surface area contributed by atoms with Gasteiger partial charge in [-0.2, -0.15) is 0 Å². The molecule has 1 amide bonds. The van der Waals surface area contributed by atoms with E-state index >= 15 is 0 Å². The summed E-state index contributed by atoms with van der Waals surface area (Å²) in [7, 11) is 1.70. The predicted octanol–water partition coefficient (Wildman–Crippen LogP) is 2.98. The first-order valence-electron chi connectivity index (χ1n) is 8.38. The molecule has 0 aliphatic heterocycles. The Balaban J connectivity index is 0.00000625. The van der Waals surface area contributed by atoms with Crippen LogP contribution >= 0.6 is 24.0 Å². The lowest BCUT2D eigenvalue weighted by molar-refractivity contribution is 0.0474. The molecular formula is C18H32IN5O2. The van der Waals surface area contributed by atoms with Gasteiger partial charge in [-0.1, -0.05) is 6.07 Å². The number of carbonyl (C=O) groups is 1. The molecular weight excluding hydrogens is 445 g/mol. The van der Waals surface area contributed by atoms with Gasteiger partial charge in [-0.3, -0.25) is 9.98 Å². The molecule has 0 aliphatic rings. The number of nitrogens with zero attached hydrogens (tertiary/aromatic N) is 2. The summed E-state index contributed by atoms with van der Waals surface area (Å²) in [6.07, 6.45) is 1.33. The summed E-state index contributed by atoms with van der Waals surface area (Å²) in [4.78, 5) is 20.5. The number of aryl methyl sites for hydroxylation is 1. The van der Waals surface area contributed by atoms with Crippen molar-refractivity contribution in [2.75, 3.05) is 13.6 Å². The van der Waals surface area contributed by atoms with Crippen molar-refractivity contribution in [1.29, 1.82) is 0 Å². The predicted molar refractivity (Wildman–Crippen MR) is 116 cm³/mol. The number of carbonyl (C=O) groups excluding carboxylic acids is 1. The average molecular weight is 477 g/mol. The maximum Gasteiger partial charge on any atom is 0.408 e. The van der Waals surface area contributed by atoms with Gasteiger partial charge in [0.2, 0.25) is 0 Å². The summed E-state index contributed by atoms with van der Waals surface area (Å²) >= 11 is 0. The van der Waals surface area contributed by atoms with Crippen LogP contribution in [0.15, 0.2) is 23.3 Å². The summed E-state index contributed by atoms with van der Waals surface area (Å²) in [5.74, 6) is 0.643. The molecule has 3 N–H and O–H groups in total. The Bertz CT molecular complexity index is 612. The molecule has 0 atom stereocenters. The van der Waals surface area contributed by atoms with Gasteiger partial charge >= 0.3 is 6.09 Å². The minimum atomic E-state index is -0.522. The first kappa shape index (κ1) is 24.4. The van der Waals surface area contributed by atoms with Gasteiger partial charge in [-0.15, -0.1) is 24.0 Å². The van der Waals surface area contributed by atoms with Gasteiger partial charge in [0, 0.05) is 19.8 Å². The van der Waals surface area contributed by atoms with Gasteiger partial charge in [0.05, 0.1) is 17.8 Å². The minimum Gasteiger partial charge on any atom is -0.444 e. The van der Waals surface area contributed by atoms with E-state index in [4.69, 9.17) is 4.74 Å². The van der Waals surface area contributed by atoms with Crippen molar-refractivity contribution in [3.05, 3.63) is 29.6 Å². The molecule has 1 aromatic heterocycles. The van der Waals surface area contributed by atoms with Crippen molar-refractivity contribution in [2.45, 2.75) is 59.2 Å². The van der Waals surface area contributed by atoms with E-state index in [9.17, 15) is 4.79 Å². The lowest BCUT2D eigenvalue weighted by Crippen LogP contribution is -2.54. The van der Waals surface area contributed by atoms with Crippen LogP contribution in [0.2, 0.25) is 0 Å². The fraction of sp³-hybridized carbons (Fsp3) is 0.611. The number of aliphatic imine (C=N–C) groups is 1. The van der Waals surface area contributed by atoms with Crippen LogP contribution in [0.25, 0.3) is 0 Å². The quantitative estimate of drug-likeness (QED) is 0.345. The zero-order chi connectivity index (χ0) is 19.1. The maximum atomic E-state index is 11.9. The summed E-state index contributed by atoms with van der Waals surface area (Å²) in [5.41, 5.74) is 1.07.